The van der Waals surface area contributed by atoms with E-state index < -0.39 is 0 Å². The first kappa shape index (κ1) is 16.3. The lowest BCUT2D eigenvalue weighted by Gasteiger charge is -2.07. The van der Waals surface area contributed by atoms with E-state index in [1.54, 1.807) is 17.8 Å². The molecule has 0 atom stereocenters. The molecule has 0 radical (unpaired) electrons. The normalized spacial score (nSPS) is 10.8. The molecule has 21 heavy (non-hydrogen) atoms. The summed E-state index contributed by atoms with van der Waals surface area (Å²) in [6.07, 6.45) is 1.15. The van der Waals surface area contributed by atoms with E-state index in [-0.39, 0.29) is 5.82 Å². The number of thioether (sulfide) groups is 1. The van der Waals surface area contributed by atoms with Gasteiger partial charge in [0.05, 0.1) is 0 Å². The van der Waals surface area contributed by atoms with Crippen LogP contribution in [0.25, 0.3) is 0 Å². The van der Waals surface area contributed by atoms with E-state index >= 15 is 0 Å². The van der Waals surface area contributed by atoms with E-state index in [1.807, 2.05) is 0 Å². The lowest BCUT2D eigenvalue weighted by Crippen LogP contribution is -2.13. The molecule has 0 saturated carbocycles. The number of rotatable bonds is 7. The molecule has 0 aliphatic rings. The van der Waals surface area contributed by atoms with Crippen molar-refractivity contribution in [3.05, 3.63) is 64.4 Å². The SMILES string of the molecule is CCCNCc1ccc(SCc2ccc(F)cc2Cl)cc1. The molecule has 0 aromatic heterocycles. The molecule has 0 saturated heterocycles. The van der Waals surface area contributed by atoms with Gasteiger partial charge in [-0.05, 0) is 48.4 Å². The van der Waals surface area contributed by atoms with Gasteiger partial charge in [-0.2, -0.15) is 0 Å². The molecule has 4 heteroatoms. The first-order valence-corrected chi connectivity index (χ1v) is 8.42. The van der Waals surface area contributed by atoms with Crippen molar-refractivity contribution in [2.75, 3.05) is 6.54 Å². The second-order valence-electron chi connectivity index (χ2n) is 4.85. The maximum absolute atomic E-state index is 13.0. The third-order valence-electron chi connectivity index (χ3n) is 3.09. The summed E-state index contributed by atoms with van der Waals surface area (Å²) in [6, 6.07) is 13.1. The number of hydrogen-bond acceptors (Lipinski definition) is 2. The van der Waals surface area contributed by atoms with Crippen LogP contribution in [0.15, 0.2) is 47.4 Å². The largest absolute Gasteiger partial charge is 0.313 e. The van der Waals surface area contributed by atoms with Gasteiger partial charge in [-0.25, -0.2) is 4.39 Å². The fourth-order valence-corrected chi connectivity index (χ4v) is 3.13. The first-order valence-electron chi connectivity index (χ1n) is 7.05. The minimum Gasteiger partial charge on any atom is -0.313 e. The quantitative estimate of drug-likeness (QED) is 0.550. The fourth-order valence-electron chi connectivity index (χ4n) is 1.91. The van der Waals surface area contributed by atoms with Gasteiger partial charge in [0, 0.05) is 22.2 Å². The molecular weight excluding hydrogens is 305 g/mol. The molecule has 0 spiro atoms. The lowest BCUT2D eigenvalue weighted by molar-refractivity contribution is 0.627. The van der Waals surface area contributed by atoms with Crippen molar-refractivity contribution in [3.63, 3.8) is 0 Å². The average molecular weight is 324 g/mol. The Labute approximate surface area is 134 Å². The third-order valence-corrected chi connectivity index (χ3v) is 4.50. The molecule has 0 fully saturated rings. The molecule has 0 aliphatic heterocycles. The van der Waals surface area contributed by atoms with Crippen molar-refractivity contribution in [2.24, 2.45) is 0 Å². The molecule has 0 aliphatic carbocycles. The molecule has 2 rings (SSSR count). The molecule has 2 aromatic carbocycles. The smallest absolute Gasteiger partial charge is 0.124 e. The van der Waals surface area contributed by atoms with Crippen LogP contribution in [-0.2, 0) is 12.3 Å². The van der Waals surface area contributed by atoms with E-state index in [2.05, 4.69) is 36.5 Å². The number of hydrogen-bond donors (Lipinski definition) is 1. The highest BCUT2D eigenvalue weighted by Gasteiger charge is 2.03. The van der Waals surface area contributed by atoms with E-state index in [1.165, 1.54) is 22.6 Å². The Morgan fingerprint density at radius 1 is 1.14 bits per heavy atom. The van der Waals surface area contributed by atoms with Gasteiger partial charge < -0.3 is 5.32 Å². The van der Waals surface area contributed by atoms with Crippen LogP contribution in [0.4, 0.5) is 4.39 Å². The van der Waals surface area contributed by atoms with Crippen LogP contribution in [0, 0.1) is 5.82 Å². The Balaban J connectivity index is 1.88. The third kappa shape index (κ3) is 5.34. The molecule has 1 nitrogen and oxygen atoms in total. The standard InChI is InChI=1S/C17H19ClFNS/c1-2-9-20-11-13-3-7-16(8-4-13)21-12-14-5-6-15(19)10-17(14)18/h3-8,10,20H,2,9,11-12H2,1H3. The van der Waals surface area contributed by atoms with Crippen LogP contribution in [-0.4, -0.2) is 6.54 Å². The molecule has 112 valence electrons. The van der Waals surface area contributed by atoms with Crippen molar-refractivity contribution < 1.29 is 4.39 Å². The Hall–Kier alpha value is -1.03. The predicted octanol–water partition coefficient (Wildman–Crippen LogP) is 5.27. The monoisotopic (exact) mass is 323 g/mol. The molecule has 0 heterocycles. The zero-order valence-electron chi connectivity index (χ0n) is 12.0. The van der Waals surface area contributed by atoms with Crippen LogP contribution >= 0.6 is 23.4 Å². The van der Waals surface area contributed by atoms with Gasteiger partial charge >= 0.3 is 0 Å². The maximum atomic E-state index is 13.0. The van der Waals surface area contributed by atoms with Crippen LogP contribution in [0.5, 0.6) is 0 Å². The zero-order valence-corrected chi connectivity index (χ0v) is 13.6. The van der Waals surface area contributed by atoms with Gasteiger partial charge in [0.2, 0.25) is 0 Å². The Morgan fingerprint density at radius 2 is 1.90 bits per heavy atom. The molecule has 0 unspecified atom stereocenters. The predicted molar refractivity (Wildman–Crippen MR) is 89.4 cm³/mol. The lowest BCUT2D eigenvalue weighted by atomic mass is 10.2. The average Bonchev–Trinajstić information content (AvgIpc) is 2.48. The van der Waals surface area contributed by atoms with Crippen LogP contribution in [0.1, 0.15) is 24.5 Å². The Bertz CT molecular complexity index is 572. The van der Waals surface area contributed by atoms with Gasteiger partial charge in [-0.3, -0.25) is 0 Å². The number of benzene rings is 2. The zero-order chi connectivity index (χ0) is 15.1. The highest BCUT2D eigenvalue weighted by Crippen LogP contribution is 2.27. The fraction of sp³-hybridized carbons (Fsp3) is 0.294. The summed E-state index contributed by atoms with van der Waals surface area (Å²) < 4.78 is 13.0. The van der Waals surface area contributed by atoms with E-state index in [9.17, 15) is 4.39 Å². The summed E-state index contributed by atoms with van der Waals surface area (Å²) in [5, 5.41) is 3.87. The minimum atomic E-state index is -0.294. The van der Waals surface area contributed by atoms with Gasteiger partial charge in [0.1, 0.15) is 5.82 Å². The highest BCUT2D eigenvalue weighted by molar-refractivity contribution is 7.98. The molecule has 1 N–H and O–H groups in total. The summed E-state index contributed by atoms with van der Waals surface area (Å²) in [4.78, 5) is 1.19. The van der Waals surface area contributed by atoms with E-state index in [0.29, 0.717) is 5.02 Å². The summed E-state index contributed by atoms with van der Waals surface area (Å²) in [6.45, 7) is 4.11. The topological polar surface area (TPSA) is 12.0 Å². The Morgan fingerprint density at radius 3 is 2.57 bits per heavy atom. The van der Waals surface area contributed by atoms with Crippen LogP contribution < -0.4 is 5.32 Å². The van der Waals surface area contributed by atoms with Gasteiger partial charge in [-0.1, -0.05) is 36.7 Å². The Kier molecular flexibility index (Phi) is 6.55. The van der Waals surface area contributed by atoms with Crippen LogP contribution in [0.3, 0.4) is 0 Å². The summed E-state index contributed by atoms with van der Waals surface area (Å²) >= 11 is 7.73. The summed E-state index contributed by atoms with van der Waals surface area (Å²) in [7, 11) is 0. The van der Waals surface area contributed by atoms with Crippen molar-refractivity contribution in [1.82, 2.24) is 5.32 Å². The number of nitrogens with one attached hydrogen (secondary N) is 1. The molecule has 0 amide bonds. The van der Waals surface area contributed by atoms with Crippen molar-refractivity contribution >= 4 is 23.4 Å². The highest BCUT2D eigenvalue weighted by atomic mass is 35.5. The summed E-state index contributed by atoms with van der Waals surface area (Å²) in [5.74, 6) is 0.449. The molecular formula is C17H19ClFNS. The maximum Gasteiger partial charge on any atom is 0.124 e. The van der Waals surface area contributed by atoms with Gasteiger partial charge in [0.15, 0.2) is 0 Å². The molecule has 0 bridgehead atoms. The van der Waals surface area contributed by atoms with Crippen LogP contribution in [0.2, 0.25) is 5.02 Å². The first-order chi connectivity index (χ1) is 10.2. The summed E-state index contributed by atoms with van der Waals surface area (Å²) in [5.41, 5.74) is 2.24. The minimum absolute atomic E-state index is 0.294. The number of halogens is 2. The molecule has 2 aromatic rings. The van der Waals surface area contributed by atoms with Crippen molar-refractivity contribution in [2.45, 2.75) is 30.5 Å². The van der Waals surface area contributed by atoms with Gasteiger partial charge in [0.25, 0.3) is 0 Å². The second kappa shape index (κ2) is 8.42. The van der Waals surface area contributed by atoms with E-state index in [0.717, 1.165) is 30.8 Å². The van der Waals surface area contributed by atoms with Gasteiger partial charge in [-0.15, -0.1) is 11.8 Å². The van der Waals surface area contributed by atoms with E-state index in [4.69, 9.17) is 11.6 Å². The second-order valence-corrected chi connectivity index (χ2v) is 6.30. The van der Waals surface area contributed by atoms with Crippen molar-refractivity contribution in [1.29, 1.82) is 0 Å². The van der Waals surface area contributed by atoms with Crippen molar-refractivity contribution in [3.8, 4) is 0 Å².